The van der Waals surface area contributed by atoms with Gasteiger partial charge in [0.25, 0.3) is 0 Å². The van der Waals surface area contributed by atoms with Crippen molar-refractivity contribution in [3.8, 4) is 11.5 Å². The van der Waals surface area contributed by atoms with E-state index in [0.717, 1.165) is 11.1 Å². The second-order valence-electron chi connectivity index (χ2n) is 6.34. The number of hydrogen-bond acceptors (Lipinski definition) is 6. The van der Waals surface area contributed by atoms with Gasteiger partial charge >= 0.3 is 11.9 Å². The molecule has 3 aromatic carbocycles. The first-order valence-electron chi connectivity index (χ1n) is 9.31. The summed E-state index contributed by atoms with van der Waals surface area (Å²) >= 11 is 0. The maximum Gasteiger partial charge on any atom is 0.342 e. The van der Waals surface area contributed by atoms with Crippen LogP contribution in [0.3, 0.4) is 0 Å². The molecule has 0 aromatic heterocycles. The predicted molar refractivity (Wildman–Crippen MR) is 111 cm³/mol. The molecule has 0 bridgehead atoms. The normalized spacial score (nSPS) is 10.2. The van der Waals surface area contributed by atoms with Crippen molar-refractivity contribution in [3.63, 3.8) is 0 Å². The second kappa shape index (κ2) is 10.1. The molecule has 0 fully saturated rings. The minimum Gasteiger partial charge on any atom is -0.488 e. The van der Waals surface area contributed by atoms with E-state index in [-0.39, 0.29) is 35.8 Å². The fourth-order valence-corrected chi connectivity index (χ4v) is 2.89. The summed E-state index contributed by atoms with van der Waals surface area (Å²) in [5.41, 5.74) is 1.76. The Morgan fingerprint density at radius 2 is 0.967 bits per heavy atom. The smallest absolute Gasteiger partial charge is 0.342 e. The summed E-state index contributed by atoms with van der Waals surface area (Å²) in [6.07, 6.45) is 0. The van der Waals surface area contributed by atoms with Gasteiger partial charge in [-0.1, -0.05) is 60.7 Å². The van der Waals surface area contributed by atoms with Crippen LogP contribution in [0.1, 0.15) is 31.8 Å². The first-order chi connectivity index (χ1) is 14.6. The molecule has 3 rings (SSSR count). The van der Waals surface area contributed by atoms with Gasteiger partial charge in [-0.05, 0) is 23.3 Å². The molecule has 0 unspecified atom stereocenters. The van der Waals surface area contributed by atoms with Gasteiger partial charge in [0, 0.05) is 0 Å². The molecule has 0 saturated carbocycles. The lowest BCUT2D eigenvalue weighted by Gasteiger charge is -2.17. The number of rotatable bonds is 8. The van der Waals surface area contributed by atoms with Crippen LogP contribution in [0.5, 0.6) is 11.5 Å². The Hall–Kier alpha value is -3.80. The number of ether oxygens (including phenoxy) is 4. The Morgan fingerprint density at radius 3 is 1.30 bits per heavy atom. The van der Waals surface area contributed by atoms with Gasteiger partial charge in [0.1, 0.15) is 35.8 Å². The molecule has 0 spiro atoms. The minimum absolute atomic E-state index is 0.0363. The van der Waals surface area contributed by atoms with Gasteiger partial charge in [0.05, 0.1) is 14.2 Å². The van der Waals surface area contributed by atoms with E-state index in [1.165, 1.54) is 14.2 Å². The van der Waals surface area contributed by atoms with Crippen LogP contribution in [-0.2, 0) is 22.7 Å². The van der Waals surface area contributed by atoms with Crippen molar-refractivity contribution in [3.05, 3.63) is 95.1 Å². The van der Waals surface area contributed by atoms with E-state index in [4.69, 9.17) is 18.9 Å². The van der Waals surface area contributed by atoms with Gasteiger partial charge in [0.15, 0.2) is 0 Å². The average Bonchev–Trinajstić information content (AvgIpc) is 2.81. The minimum atomic E-state index is -0.719. The van der Waals surface area contributed by atoms with Crippen LogP contribution < -0.4 is 9.47 Å². The Morgan fingerprint density at radius 1 is 0.600 bits per heavy atom. The zero-order valence-corrected chi connectivity index (χ0v) is 16.8. The highest BCUT2D eigenvalue weighted by Gasteiger charge is 2.28. The maximum absolute atomic E-state index is 12.5. The molecule has 3 aromatic rings. The number of carbonyl (C=O) groups is 2. The highest BCUT2D eigenvalue weighted by atomic mass is 16.5. The number of carbonyl (C=O) groups excluding carboxylic acids is 2. The van der Waals surface area contributed by atoms with Gasteiger partial charge < -0.3 is 18.9 Å². The van der Waals surface area contributed by atoms with Crippen molar-refractivity contribution in [2.45, 2.75) is 13.2 Å². The van der Waals surface area contributed by atoms with E-state index in [9.17, 15) is 9.59 Å². The molecule has 0 aliphatic heterocycles. The SMILES string of the molecule is COC(=O)c1c(OCc2ccccc2)ccc(OCc2ccccc2)c1C(=O)OC. The molecule has 6 heteroatoms. The first-order valence-corrected chi connectivity index (χ1v) is 9.31. The zero-order valence-electron chi connectivity index (χ0n) is 16.8. The Bertz CT molecular complexity index is 916. The molecule has 6 nitrogen and oxygen atoms in total. The number of benzene rings is 3. The van der Waals surface area contributed by atoms with E-state index >= 15 is 0 Å². The van der Waals surface area contributed by atoms with Gasteiger partial charge in [-0.3, -0.25) is 0 Å². The zero-order chi connectivity index (χ0) is 21.3. The quantitative estimate of drug-likeness (QED) is 0.516. The van der Waals surface area contributed by atoms with Gasteiger partial charge in [-0.25, -0.2) is 9.59 Å². The molecule has 0 aliphatic rings. The summed E-state index contributed by atoms with van der Waals surface area (Å²) in [7, 11) is 2.48. The van der Waals surface area contributed by atoms with Crippen molar-refractivity contribution in [2.75, 3.05) is 14.2 Å². The standard InChI is InChI=1S/C24H22O6/c1-27-23(25)21-19(29-15-17-9-5-3-6-10-17)13-14-20(22(21)24(26)28-2)30-16-18-11-7-4-8-12-18/h3-14H,15-16H2,1-2H3. The van der Waals surface area contributed by atoms with Gasteiger partial charge in [0.2, 0.25) is 0 Å². The van der Waals surface area contributed by atoms with Crippen LogP contribution in [-0.4, -0.2) is 26.2 Å². The summed E-state index contributed by atoms with van der Waals surface area (Å²) in [4.78, 5) is 25.1. The van der Waals surface area contributed by atoms with Crippen LogP contribution >= 0.6 is 0 Å². The summed E-state index contributed by atoms with van der Waals surface area (Å²) in [5, 5.41) is 0. The monoisotopic (exact) mass is 406 g/mol. The van der Waals surface area contributed by atoms with Crippen molar-refractivity contribution >= 4 is 11.9 Å². The Balaban J connectivity index is 1.96. The van der Waals surface area contributed by atoms with Crippen molar-refractivity contribution in [2.24, 2.45) is 0 Å². The third-order valence-electron chi connectivity index (χ3n) is 4.38. The molecule has 0 atom stereocenters. The van der Waals surface area contributed by atoms with Crippen LogP contribution in [0.4, 0.5) is 0 Å². The molecule has 0 aliphatic carbocycles. The molecule has 154 valence electrons. The molecule has 0 heterocycles. The highest BCUT2D eigenvalue weighted by Crippen LogP contribution is 2.33. The van der Waals surface area contributed by atoms with Gasteiger partial charge in [-0.2, -0.15) is 0 Å². The molecular weight excluding hydrogens is 384 g/mol. The third-order valence-corrected chi connectivity index (χ3v) is 4.38. The average molecular weight is 406 g/mol. The van der Waals surface area contributed by atoms with Crippen LogP contribution in [0.15, 0.2) is 72.8 Å². The van der Waals surface area contributed by atoms with Gasteiger partial charge in [-0.15, -0.1) is 0 Å². The van der Waals surface area contributed by atoms with Crippen LogP contribution in [0.25, 0.3) is 0 Å². The summed E-state index contributed by atoms with van der Waals surface area (Å²) in [6.45, 7) is 0.436. The van der Waals surface area contributed by atoms with Crippen LogP contribution in [0, 0.1) is 0 Å². The number of methoxy groups -OCH3 is 2. The van der Waals surface area contributed by atoms with E-state index in [1.807, 2.05) is 60.7 Å². The van der Waals surface area contributed by atoms with Crippen LogP contribution in [0.2, 0.25) is 0 Å². The predicted octanol–water partition coefficient (Wildman–Crippen LogP) is 4.42. The molecule has 0 N–H and O–H groups in total. The fraction of sp³-hybridized carbons (Fsp3) is 0.167. The molecule has 0 radical (unpaired) electrons. The number of hydrogen-bond donors (Lipinski definition) is 0. The Kier molecular flexibility index (Phi) is 7.05. The van der Waals surface area contributed by atoms with Crippen molar-refractivity contribution in [1.29, 1.82) is 0 Å². The molecule has 0 amide bonds. The largest absolute Gasteiger partial charge is 0.488 e. The summed E-state index contributed by atoms with van der Waals surface area (Å²) in [5.74, 6) is -1.02. The summed E-state index contributed by atoms with van der Waals surface area (Å²) in [6, 6.07) is 22.1. The lowest BCUT2D eigenvalue weighted by atomic mass is 10.0. The number of esters is 2. The molecule has 0 saturated heterocycles. The van der Waals surface area contributed by atoms with Crippen molar-refractivity contribution < 1.29 is 28.5 Å². The summed E-state index contributed by atoms with van der Waals surface area (Å²) < 4.78 is 21.5. The van der Waals surface area contributed by atoms with E-state index < -0.39 is 11.9 Å². The lowest BCUT2D eigenvalue weighted by molar-refractivity contribution is 0.0546. The highest BCUT2D eigenvalue weighted by molar-refractivity contribution is 6.07. The second-order valence-corrected chi connectivity index (χ2v) is 6.34. The molecule has 30 heavy (non-hydrogen) atoms. The van der Waals surface area contributed by atoms with E-state index in [0.29, 0.717) is 0 Å². The van der Waals surface area contributed by atoms with E-state index in [1.54, 1.807) is 12.1 Å². The third kappa shape index (κ3) is 4.97. The van der Waals surface area contributed by atoms with Crippen molar-refractivity contribution in [1.82, 2.24) is 0 Å². The lowest BCUT2D eigenvalue weighted by Crippen LogP contribution is -2.16. The maximum atomic E-state index is 12.5. The van der Waals surface area contributed by atoms with E-state index in [2.05, 4.69) is 0 Å². The molecular formula is C24H22O6. The fourth-order valence-electron chi connectivity index (χ4n) is 2.89. The Labute approximate surface area is 175 Å². The topological polar surface area (TPSA) is 71.1 Å². The first kappa shape index (κ1) is 20.9.